The molecule has 0 atom stereocenters. The average Bonchev–Trinajstić information content (AvgIpc) is 2.09. The summed E-state index contributed by atoms with van der Waals surface area (Å²) in [6.45, 7) is 11.7. The lowest BCUT2D eigenvalue weighted by atomic mass is 10.2. The second kappa shape index (κ2) is 7.85. The van der Waals surface area contributed by atoms with Crippen molar-refractivity contribution in [2.75, 3.05) is 33.7 Å². The van der Waals surface area contributed by atoms with Crippen molar-refractivity contribution in [1.82, 2.24) is 15.1 Å². The van der Waals surface area contributed by atoms with E-state index in [1.165, 1.54) is 0 Å². The molecule has 0 aliphatic heterocycles. The van der Waals surface area contributed by atoms with Crippen molar-refractivity contribution < 1.29 is 0 Å². The Bertz CT molecular complexity index is 202. The van der Waals surface area contributed by atoms with Crippen molar-refractivity contribution in [2.45, 2.75) is 33.7 Å². The average molecular weight is 245 g/mol. The third-order valence-electron chi connectivity index (χ3n) is 2.10. The molecule has 0 heterocycles. The van der Waals surface area contributed by atoms with E-state index >= 15 is 0 Å². The maximum atomic E-state index is 5.42. The van der Waals surface area contributed by atoms with Crippen LogP contribution in [0.1, 0.15) is 27.7 Å². The van der Waals surface area contributed by atoms with Crippen LogP contribution in [0.25, 0.3) is 0 Å². The Hall–Kier alpha value is -0.350. The topological polar surface area (TPSA) is 18.5 Å². The van der Waals surface area contributed by atoms with Gasteiger partial charge in [0.25, 0.3) is 0 Å². The summed E-state index contributed by atoms with van der Waals surface area (Å²) >= 11 is 5.42. The van der Waals surface area contributed by atoms with Gasteiger partial charge in [-0.3, -0.25) is 0 Å². The van der Waals surface area contributed by atoms with Crippen molar-refractivity contribution in [3.63, 3.8) is 0 Å². The fourth-order valence-electron chi connectivity index (χ4n) is 1.38. The van der Waals surface area contributed by atoms with Crippen molar-refractivity contribution in [2.24, 2.45) is 5.92 Å². The molecule has 0 rings (SSSR count). The molecule has 16 heavy (non-hydrogen) atoms. The van der Waals surface area contributed by atoms with E-state index < -0.39 is 0 Å². The molecule has 0 saturated heterocycles. The Kier molecular flexibility index (Phi) is 7.68. The molecule has 0 spiro atoms. The first-order valence-corrected chi connectivity index (χ1v) is 6.44. The predicted octanol–water partition coefficient (Wildman–Crippen LogP) is 1.79. The van der Waals surface area contributed by atoms with Crippen LogP contribution < -0.4 is 5.32 Å². The number of hydrogen-bond acceptors (Lipinski definition) is 2. The van der Waals surface area contributed by atoms with Crippen LogP contribution in [-0.2, 0) is 0 Å². The van der Waals surface area contributed by atoms with Gasteiger partial charge >= 0.3 is 0 Å². The molecule has 4 heteroatoms. The maximum absolute atomic E-state index is 5.42. The fraction of sp³-hybridized carbons (Fsp3) is 0.917. The summed E-state index contributed by atoms with van der Waals surface area (Å²) in [6, 6.07) is 0.404. The first kappa shape index (κ1) is 15.7. The van der Waals surface area contributed by atoms with Gasteiger partial charge in [0, 0.05) is 25.7 Å². The van der Waals surface area contributed by atoms with E-state index in [-0.39, 0.29) is 0 Å². The van der Waals surface area contributed by atoms with Crippen LogP contribution in [0, 0.1) is 5.92 Å². The van der Waals surface area contributed by atoms with Crippen molar-refractivity contribution >= 4 is 17.3 Å². The summed E-state index contributed by atoms with van der Waals surface area (Å²) in [4.78, 5) is 4.45. The highest BCUT2D eigenvalue weighted by Gasteiger charge is 2.12. The van der Waals surface area contributed by atoms with Crippen LogP contribution in [0.3, 0.4) is 0 Å². The van der Waals surface area contributed by atoms with Gasteiger partial charge in [-0.25, -0.2) is 0 Å². The monoisotopic (exact) mass is 245 g/mol. The second-order valence-electron chi connectivity index (χ2n) is 5.25. The number of likely N-dealkylation sites (N-methyl/N-ethyl adjacent to an activating group) is 1. The van der Waals surface area contributed by atoms with Crippen molar-refractivity contribution in [3.05, 3.63) is 0 Å². The van der Waals surface area contributed by atoms with Gasteiger partial charge in [0.1, 0.15) is 0 Å². The first-order valence-electron chi connectivity index (χ1n) is 6.03. The quantitative estimate of drug-likeness (QED) is 0.719. The molecule has 0 amide bonds. The molecule has 0 radical (unpaired) electrons. The molecule has 1 N–H and O–H groups in total. The summed E-state index contributed by atoms with van der Waals surface area (Å²) in [5.41, 5.74) is 0. The molecular formula is C12H27N3S. The third-order valence-corrected chi connectivity index (χ3v) is 2.48. The number of thiocarbonyl (C=S) groups is 1. The molecule has 0 bridgehead atoms. The Labute approximate surface area is 106 Å². The van der Waals surface area contributed by atoms with Crippen LogP contribution in [0.5, 0.6) is 0 Å². The van der Waals surface area contributed by atoms with E-state index in [1.807, 2.05) is 0 Å². The van der Waals surface area contributed by atoms with E-state index in [4.69, 9.17) is 12.2 Å². The van der Waals surface area contributed by atoms with Crippen LogP contribution in [0.15, 0.2) is 0 Å². The van der Waals surface area contributed by atoms with Gasteiger partial charge in [0.15, 0.2) is 5.11 Å². The summed E-state index contributed by atoms with van der Waals surface area (Å²) in [5.74, 6) is 0.633. The summed E-state index contributed by atoms with van der Waals surface area (Å²) < 4.78 is 0. The highest BCUT2D eigenvalue weighted by atomic mass is 32.1. The molecule has 0 aliphatic carbocycles. The Morgan fingerprint density at radius 1 is 1.12 bits per heavy atom. The Balaban J connectivity index is 4.23. The van der Waals surface area contributed by atoms with Gasteiger partial charge in [0.2, 0.25) is 0 Å². The van der Waals surface area contributed by atoms with Gasteiger partial charge in [-0.05, 0) is 46.1 Å². The lowest BCUT2D eigenvalue weighted by Crippen LogP contribution is -2.46. The van der Waals surface area contributed by atoms with Gasteiger partial charge < -0.3 is 15.1 Å². The van der Waals surface area contributed by atoms with E-state index in [0.29, 0.717) is 12.0 Å². The van der Waals surface area contributed by atoms with Gasteiger partial charge in [0.05, 0.1) is 0 Å². The van der Waals surface area contributed by atoms with Crippen LogP contribution in [0.4, 0.5) is 0 Å². The maximum Gasteiger partial charge on any atom is 0.169 e. The Morgan fingerprint density at radius 2 is 1.69 bits per heavy atom. The van der Waals surface area contributed by atoms with E-state index in [1.54, 1.807) is 0 Å². The normalized spacial score (nSPS) is 11.3. The van der Waals surface area contributed by atoms with Gasteiger partial charge in [-0.15, -0.1) is 0 Å². The minimum absolute atomic E-state index is 0.404. The molecule has 0 saturated carbocycles. The number of rotatable bonds is 6. The number of nitrogens with zero attached hydrogens (tertiary/aromatic N) is 2. The highest BCUT2D eigenvalue weighted by molar-refractivity contribution is 7.80. The van der Waals surface area contributed by atoms with Crippen molar-refractivity contribution in [3.8, 4) is 0 Å². The minimum Gasteiger partial charge on any atom is -0.360 e. The Morgan fingerprint density at radius 3 is 2.06 bits per heavy atom. The summed E-state index contributed by atoms with van der Waals surface area (Å²) in [7, 11) is 4.18. The molecular weight excluding hydrogens is 218 g/mol. The van der Waals surface area contributed by atoms with E-state index in [2.05, 4.69) is 56.9 Å². The largest absolute Gasteiger partial charge is 0.360 e. The smallest absolute Gasteiger partial charge is 0.169 e. The molecule has 96 valence electrons. The van der Waals surface area contributed by atoms with Crippen molar-refractivity contribution in [1.29, 1.82) is 0 Å². The molecule has 0 fully saturated rings. The van der Waals surface area contributed by atoms with E-state index in [9.17, 15) is 0 Å². The molecule has 0 aliphatic rings. The molecule has 0 aromatic rings. The third kappa shape index (κ3) is 7.88. The molecule has 3 nitrogen and oxygen atoms in total. The lowest BCUT2D eigenvalue weighted by molar-refractivity contribution is 0.303. The zero-order chi connectivity index (χ0) is 12.7. The minimum atomic E-state index is 0.404. The molecule has 0 unspecified atom stereocenters. The van der Waals surface area contributed by atoms with Crippen LogP contribution >= 0.6 is 12.2 Å². The van der Waals surface area contributed by atoms with E-state index in [0.717, 1.165) is 24.7 Å². The fourth-order valence-corrected chi connectivity index (χ4v) is 1.78. The first-order chi connectivity index (χ1) is 7.32. The van der Waals surface area contributed by atoms with Crippen LogP contribution in [-0.4, -0.2) is 54.7 Å². The lowest BCUT2D eigenvalue weighted by Gasteiger charge is -2.29. The summed E-state index contributed by atoms with van der Waals surface area (Å²) in [5, 5.41) is 4.19. The molecule has 0 aromatic carbocycles. The number of hydrogen-bond donors (Lipinski definition) is 1. The predicted molar refractivity (Wildman–Crippen MR) is 75.8 cm³/mol. The van der Waals surface area contributed by atoms with Gasteiger partial charge in [-0.2, -0.15) is 0 Å². The second-order valence-corrected chi connectivity index (χ2v) is 5.63. The standard InChI is InChI=1S/C12H27N3S/c1-10(2)9-15(8-7-14(5)6)12(16)13-11(3)4/h10-11H,7-9H2,1-6H3,(H,13,16). The zero-order valence-electron chi connectivity index (χ0n) is 11.6. The number of nitrogens with one attached hydrogen (secondary N) is 1. The molecule has 0 aromatic heterocycles. The SMILES string of the molecule is CC(C)CN(CCN(C)C)C(=S)NC(C)C. The van der Waals surface area contributed by atoms with Gasteiger partial charge in [-0.1, -0.05) is 13.8 Å². The zero-order valence-corrected chi connectivity index (χ0v) is 12.4. The van der Waals surface area contributed by atoms with Crippen LogP contribution in [0.2, 0.25) is 0 Å². The highest BCUT2D eigenvalue weighted by Crippen LogP contribution is 2.00. The summed E-state index contributed by atoms with van der Waals surface area (Å²) in [6.07, 6.45) is 0.